The van der Waals surface area contributed by atoms with Gasteiger partial charge in [-0.05, 0) is 30.3 Å². The van der Waals surface area contributed by atoms with Crippen LogP contribution in [0.4, 0.5) is 17.1 Å². The molecule has 0 saturated heterocycles. The molecule has 0 radical (unpaired) electrons. The predicted molar refractivity (Wildman–Crippen MR) is 84.6 cm³/mol. The molecule has 4 N–H and O–H groups in total. The van der Waals surface area contributed by atoms with E-state index in [0.717, 1.165) is 0 Å². The molecule has 2 aromatic carbocycles. The lowest BCUT2D eigenvalue weighted by Crippen LogP contribution is -2.13. The van der Waals surface area contributed by atoms with Gasteiger partial charge < -0.3 is 16.4 Å². The van der Waals surface area contributed by atoms with Gasteiger partial charge in [0.1, 0.15) is 0 Å². The Hall–Kier alpha value is -2.53. The van der Waals surface area contributed by atoms with Crippen LogP contribution >= 0.6 is 11.6 Å². The van der Waals surface area contributed by atoms with Crippen molar-refractivity contribution in [3.8, 4) is 0 Å². The molecule has 2 amide bonds. The number of nitrogens with one attached hydrogen (secondary N) is 2. The topological polar surface area (TPSA) is 84.2 Å². The Kier molecular flexibility index (Phi) is 4.45. The number of carbonyl (C=O) groups is 2. The van der Waals surface area contributed by atoms with E-state index in [1.807, 2.05) is 0 Å². The summed E-state index contributed by atoms with van der Waals surface area (Å²) < 4.78 is 0. The van der Waals surface area contributed by atoms with Gasteiger partial charge in [-0.3, -0.25) is 9.59 Å². The quantitative estimate of drug-likeness (QED) is 0.762. The Morgan fingerprint density at radius 3 is 2.33 bits per heavy atom. The Labute approximate surface area is 127 Å². The normalized spacial score (nSPS) is 10.0. The molecule has 0 aliphatic carbocycles. The summed E-state index contributed by atoms with van der Waals surface area (Å²) in [5.74, 6) is -0.551. The molecule has 21 heavy (non-hydrogen) atoms. The van der Waals surface area contributed by atoms with Crippen LogP contribution in [0.15, 0.2) is 42.5 Å². The molecule has 0 aliphatic heterocycles. The van der Waals surface area contributed by atoms with Crippen LogP contribution in [0.25, 0.3) is 0 Å². The second-order valence-electron chi connectivity index (χ2n) is 4.42. The van der Waals surface area contributed by atoms with E-state index < -0.39 is 0 Å². The minimum absolute atomic E-state index is 0.183. The van der Waals surface area contributed by atoms with E-state index >= 15 is 0 Å². The predicted octanol–water partition coefficient (Wildman–Crippen LogP) is 3.13. The van der Waals surface area contributed by atoms with Crippen LogP contribution < -0.4 is 16.4 Å². The zero-order chi connectivity index (χ0) is 15.4. The molecule has 0 saturated carbocycles. The molecule has 0 fully saturated rings. The van der Waals surface area contributed by atoms with Crippen molar-refractivity contribution in [1.29, 1.82) is 0 Å². The van der Waals surface area contributed by atoms with E-state index in [1.54, 1.807) is 42.5 Å². The minimum Gasteiger partial charge on any atom is -0.398 e. The first kappa shape index (κ1) is 14.9. The maximum absolute atomic E-state index is 12.2. The highest BCUT2D eigenvalue weighted by Crippen LogP contribution is 2.24. The minimum atomic E-state index is -0.368. The van der Waals surface area contributed by atoms with E-state index in [0.29, 0.717) is 22.6 Å². The lowest BCUT2D eigenvalue weighted by molar-refractivity contribution is -0.114. The van der Waals surface area contributed by atoms with Gasteiger partial charge in [0.05, 0.1) is 16.3 Å². The number of benzene rings is 2. The molecule has 5 nitrogen and oxygen atoms in total. The summed E-state index contributed by atoms with van der Waals surface area (Å²) in [6, 6.07) is 11.7. The number of halogens is 1. The zero-order valence-electron chi connectivity index (χ0n) is 11.3. The van der Waals surface area contributed by atoms with Gasteiger partial charge in [-0.1, -0.05) is 23.7 Å². The van der Waals surface area contributed by atoms with Crippen molar-refractivity contribution < 1.29 is 9.59 Å². The highest BCUT2D eigenvalue weighted by Gasteiger charge is 2.12. The average Bonchev–Trinajstić information content (AvgIpc) is 2.41. The van der Waals surface area contributed by atoms with Gasteiger partial charge >= 0.3 is 0 Å². The SMILES string of the molecule is CC(=O)Nc1cccc(NC(=O)c2cccc(N)c2Cl)c1. The summed E-state index contributed by atoms with van der Waals surface area (Å²) in [6.07, 6.45) is 0. The van der Waals surface area contributed by atoms with Crippen LogP contribution in [-0.4, -0.2) is 11.8 Å². The lowest BCUT2D eigenvalue weighted by atomic mass is 10.2. The number of rotatable bonds is 3. The maximum Gasteiger partial charge on any atom is 0.257 e. The van der Waals surface area contributed by atoms with Crippen molar-refractivity contribution in [2.45, 2.75) is 6.92 Å². The van der Waals surface area contributed by atoms with Crippen molar-refractivity contribution >= 4 is 40.5 Å². The summed E-state index contributed by atoms with van der Waals surface area (Å²) in [7, 11) is 0. The molecular formula is C15H14ClN3O2. The van der Waals surface area contributed by atoms with Crippen molar-refractivity contribution in [2.24, 2.45) is 0 Å². The highest BCUT2D eigenvalue weighted by atomic mass is 35.5. The van der Waals surface area contributed by atoms with Gasteiger partial charge in [0.25, 0.3) is 5.91 Å². The van der Waals surface area contributed by atoms with E-state index in [9.17, 15) is 9.59 Å². The largest absolute Gasteiger partial charge is 0.398 e. The van der Waals surface area contributed by atoms with Crippen molar-refractivity contribution in [1.82, 2.24) is 0 Å². The van der Waals surface area contributed by atoms with E-state index in [-0.39, 0.29) is 16.8 Å². The van der Waals surface area contributed by atoms with Crippen LogP contribution in [0, 0.1) is 0 Å². The molecule has 2 rings (SSSR count). The fraction of sp³-hybridized carbons (Fsp3) is 0.0667. The number of nitrogen functional groups attached to an aromatic ring is 1. The van der Waals surface area contributed by atoms with E-state index in [1.165, 1.54) is 6.92 Å². The van der Waals surface area contributed by atoms with Gasteiger partial charge in [-0.2, -0.15) is 0 Å². The molecule has 0 bridgehead atoms. The third-order valence-corrected chi connectivity index (χ3v) is 3.14. The summed E-state index contributed by atoms with van der Waals surface area (Å²) in [5.41, 5.74) is 7.45. The Morgan fingerprint density at radius 1 is 1.05 bits per heavy atom. The summed E-state index contributed by atoms with van der Waals surface area (Å²) in [4.78, 5) is 23.2. The second-order valence-corrected chi connectivity index (χ2v) is 4.80. The maximum atomic E-state index is 12.2. The summed E-state index contributed by atoms with van der Waals surface area (Å²) in [6.45, 7) is 1.41. The molecule has 6 heteroatoms. The summed E-state index contributed by atoms with van der Waals surface area (Å²) in [5, 5.41) is 5.57. The number of carbonyl (C=O) groups excluding carboxylic acids is 2. The van der Waals surface area contributed by atoms with Crippen LogP contribution in [0.5, 0.6) is 0 Å². The van der Waals surface area contributed by atoms with Crippen LogP contribution in [-0.2, 0) is 4.79 Å². The average molecular weight is 304 g/mol. The third-order valence-electron chi connectivity index (χ3n) is 2.71. The Balaban J connectivity index is 2.20. The van der Waals surface area contributed by atoms with Gasteiger partial charge in [-0.15, -0.1) is 0 Å². The standard InChI is InChI=1S/C15H14ClN3O2/c1-9(20)18-10-4-2-5-11(8-10)19-15(21)12-6-3-7-13(17)14(12)16/h2-8H,17H2,1H3,(H,18,20)(H,19,21). The molecule has 0 unspecified atom stereocenters. The zero-order valence-corrected chi connectivity index (χ0v) is 12.1. The number of nitrogens with two attached hydrogens (primary N) is 1. The van der Waals surface area contributed by atoms with Crippen molar-refractivity contribution in [2.75, 3.05) is 16.4 Å². The van der Waals surface area contributed by atoms with Crippen molar-refractivity contribution in [3.63, 3.8) is 0 Å². The van der Waals surface area contributed by atoms with Crippen LogP contribution in [0.2, 0.25) is 5.02 Å². The first-order valence-electron chi connectivity index (χ1n) is 6.20. The number of anilines is 3. The number of hydrogen-bond acceptors (Lipinski definition) is 3. The van der Waals surface area contributed by atoms with E-state index in [4.69, 9.17) is 17.3 Å². The smallest absolute Gasteiger partial charge is 0.257 e. The second kappa shape index (κ2) is 6.28. The fourth-order valence-electron chi connectivity index (χ4n) is 1.80. The van der Waals surface area contributed by atoms with Gasteiger partial charge in [-0.25, -0.2) is 0 Å². The van der Waals surface area contributed by atoms with Gasteiger partial charge in [0, 0.05) is 18.3 Å². The molecular weight excluding hydrogens is 290 g/mol. The molecule has 108 valence electrons. The Morgan fingerprint density at radius 2 is 1.67 bits per heavy atom. The molecule has 0 spiro atoms. The number of amides is 2. The first-order valence-corrected chi connectivity index (χ1v) is 6.58. The monoisotopic (exact) mass is 303 g/mol. The van der Waals surface area contributed by atoms with Gasteiger partial charge in [0.15, 0.2) is 0 Å². The molecule has 0 atom stereocenters. The van der Waals surface area contributed by atoms with Crippen molar-refractivity contribution in [3.05, 3.63) is 53.1 Å². The lowest BCUT2D eigenvalue weighted by Gasteiger charge is -2.09. The fourth-order valence-corrected chi connectivity index (χ4v) is 2.01. The molecule has 2 aromatic rings. The third kappa shape index (κ3) is 3.73. The molecule has 0 heterocycles. The Bertz CT molecular complexity index is 701. The van der Waals surface area contributed by atoms with Gasteiger partial charge in [0.2, 0.25) is 5.91 Å². The molecule has 0 aromatic heterocycles. The molecule has 0 aliphatic rings. The van der Waals surface area contributed by atoms with E-state index in [2.05, 4.69) is 10.6 Å². The van der Waals surface area contributed by atoms with Crippen LogP contribution in [0.1, 0.15) is 17.3 Å². The first-order chi connectivity index (χ1) is 9.97. The van der Waals surface area contributed by atoms with Crippen LogP contribution in [0.3, 0.4) is 0 Å². The number of hydrogen-bond donors (Lipinski definition) is 3. The highest BCUT2D eigenvalue weighted by molar-refractivity contribution is 6.36. The summed E-state index contributed by atoms with van der Waals surface area (Å²) >= 11 is 6.01.